The first-order valence-electron chi connectivity index (χ1n) is 16.8. The zero-order valence-electron chi connectivity index (χ0n) is 26.6. The minimum absolute atomic E-state index is 0.0568. The molecule has 6 rings (SSSR count). The third-order valence-corrected chi connectivity index (χ3v) is 11.1. The molecule has 6 aliphatic rings. The summed E-state index contributed by atoms with van der Waals surface area (Å²) in [7, 11) is 0. The Bertz CT molecular complexity index is 1180. The van der Waals surface area contributed by atoms with E-state index in [4.69, 9.17) is 0 Å². The van der Waals surface area contributed by atoms with Gasteiger partial charge in [-0.25, -0.2) is 13.6 Å². The molecule has 0 radical (unpaired) electrons. The van der Waals surface area contributed by atoms with Crippen LogP contribution in [0.1, 0.15) is 59.8 Å². The minimum atomic E-state index is -1.33. The number of carbonyl (C=O) groups is 2. The molecule has 5 heterocycles. The van der Waals surface area contributed by atoms with Crippen molar-refractivity contribution in [1.82, 2.24) is 36.0 Å². The summed E-state index contributed by atoms with van der Waals surface area (Å²) in [6.07, 6.45) is 4.78. The number of hydrogen-bond donors (Lipinski definition) is 4. The quantitative estimate of drug-likeness (QED) is 0.365. The van der Waals surface area contributed by atoms with E-state index in [1.165, 1.54) is 6.08 Å². The Hall–Kier alpha value is -2.50. The number of amides is 3. The first kappa shape index (κ1) is 31.5. The summed E-state index contributed by atoms with van der Waals surface area (Å²) in [5, 5.41) is 14.1. The lowest BCUT2D eigenvalue weighted by atomic mass is 9.75. The van der Waals surface area contributed by atoms with Crippen molar-refractivity contribution in [3.05, 3.63) is 36.1 Å². The van der Waals surface area contributed by atoms with Gasteiger partial charge in [0.25, 0.3) is 0 Å². The lowest BCUT2D eigenvalue weighted by molar-refractivity contribution is -0.135. The Labute approximate surface area is 260 Å². The number of hydrogen-bond acceptors (Lipinski definition) is 6. The second-order valence-corrected chi connectivity index (χ2v) is 14.2. The van der Waals surface area contributed by atoms with Gasteiger partial charge in [0.05, 0.1) is 24.4 Å². The molecule has 244 valence electrons. The number of fused-ring (bicyclic) bond motifs is 4. The monoisotopic (exact) mass is 615 g/mol. The largest absolute Gasteiger partial charge is 0.385 e. The summed E-state index contributed by atoms with van der Waals surface area (Å²) in [5.74, 6) is 0.190. The van der Waals surface area contributed by atoms with E-state index in [1.807, 2.05) is 28.9 Å². The maximum absolute atomic E-state index is 16.5. The van der Waals surface area contributed by atoms with E-state index in [-0.39, 0.29) is 66.7 Å². The predicted octanol–water partition coefficient (Wildman–Crippen LogP) is 3.03. The Kier molecular flexibility index (Phi) is 9.10. The maximum Gasteiger partial charge on any atom is 0.320 e. The van der Waals surface area contributed by atoms with Crippen LogP contribution in [0.25, 0.3) is 0 Å². The van der Waals surface area contributed by atoms with Crippen LogP contribution in [-0.4, -0.2) is 108 Å². The van der Waals surface area contributed by atoms with Gasteiger partial charge in [-0.05, 0) is 70.1 Å². The molecule has 4 N–H and O–H groups in total. The summed E-state index contributed by atoms with van der Waals surface area (Å²) in [6, 6.07) is -1.13. The molecule has 4 fully saturated rings. The molecule has 5 aliphatic heterocycles. The first-order chi connectivity index (χ1) is 21.1. The number of piperidine rings is 2. The molecule has 0 aromatic heterocycles. The number of nitrogens with zero attached hydrogens (tertiary/aromatic N) is 3. The Morgan fingerprint density at radius 1 is 1.11 bits per heavy atom. The highest BCUT2D eigenvalue weighted by molar-refractivity contribution is 5.87. The Balaban J connectivity index is 1.41. The van der Waals surface area contributed by atoms with Crippen molar-refractivity contribution < 1.29 is 18.4 Å². The van der Waals surface area contributed by atoms with E-state index in [0.717, 1.165) is 25.8 Å². The normalized spacial score (nSPS) is 41.5. The molecule has 0 aromatic carbocycles. The van der Waals surface area contributed by atoms with E-state index in [2.05, 4.69) is 53.5 Å². The fourth-order valence-corrected chi connectivity index (χ4v) is 9.03. The number of allylic oxidation sites excluding steroid dienone is 2. The summed E-state index contributed by atoms with van der Waals surface area (Å²) >= 11 is 0. The molecule has 2 bridgehead atoms. The molecule has 0 spiro atoms. The first-order valence-corrected chi connectivity index (χ1v) is 16.8. The average Bonchev–Trinajstić information content (AvgIpc) is 2.99. The van der Waals surface area contributed by atoms with Crippen LogP contribution in [0, 0.1) is 17.8 Å². The summed E-state index contributed by atoms with van der Waals surface area (Å²) in [5.41, 5.74) is 1.12. The SMILES string of the molecule is C=CC(=O)N1C[C@H](C)N(C2NC(=O)N3C4NC(C5=C(C=CCC5F)NCCCC5CCNC(C(C)C)C53)C(F)CC42)C[C@H]1C. The van der Waals surface area contributed by atoms with E-state index in [1.54, 1.807) is 0 Å². The maximum atomic E-state index is 16.5. The number of alkyl halides is 2. The van der Waals surface area contributed by atoms with Gasteiger partial charge in [-0.15, -0.1) is 0 Å². The van der Waals surface area contributed by atoms with Crippen molar-refractivity contribution in [3.8, 4) is 0 Å². The number of halogens is 2. The number of rotatable bonds is 3. The smallest absolute Gasteiger partial charge is 0.320 e. The van der Waals surface area contributed by atoms with Gasteiger partial charge in [0.15, 0.2) is 0 Å². The highest BCUT2D eigenvalue weighted by Crippen LogP contribution is 2.42. The third-order valence-electron chi connectivity index (χ3n) is 11.1. The van der Waals surface area contributed by atoms with Crippen LogP contribution in [0.3, 0.4) is 0 Å². The van der Waals surface area contributed by atoms with Gasteiger partial charge < -0.3 is 25.8 Å². The van der Waals surface area contributed by atoms with Crippen LogP contribution in [0.15, 0.2) is 36.1 Å². The fraction of sp³-hybridized carbons (Fsp3) is 0.758. The second kappa shape index (κ2) is 12.7. The van der Waals surface area contributed by atoms with Gasteiger partial charge in [0.1, 0.15) is 12.3 Å². The van der Waals surface area contributed by atoms with E-state index in [0.29, 0.717) is 30.9 Å². The van der Waals surface area contributed by atoms with Crippen molar-refractivity contribution in [2.45, 2.75) is 115 Å². The predicted molar refractivity (Wildman–Crippen MR) is 167 cm³/mol. The van der Waals surface area contributed by atoms with Crippen LogP contribution in [0.4, 0.5) is 13.6 Å². The highest BCUT2D eigenvalue weighted by atomic mass is 19.1. The molecule has 4 saturated heterocycles. The van der Waals surface area contributed by atoms with Crippen molar-refractivity contribution in [2.75, 3.05) is 26.2 Å². The van der Waals surface area contributed by atoms with Crippen LogP contribution < -0.4 is 21.3 Å². The Morgan fingerprint density at radius 3 is 2.66 bits per heavy atom. The zero-order chi connectivity index (χ0) is 31.3. The molecule has 1 aliphatic carbocycles. The van der Waals surface area contributed by atoms with Crippen LogP contribution in [0.5, 0.6) is 0 Å². The van der Waals surface area contributed by atoms with Gasteiger partial charge in [-0.2, -0.15) is 0 Å². The fourth-order valence-electron chi connectivity index (χ4n) is 9.03. The zero-order valence-corrected chi connectivity index (χ0v) is 26.6. The molecule has 9 nitrogen and oxygen atoms in total. The van der Waals surface area contributed by atoms with Gasteiger partial charge >= 0.3 is 6.03 Å². The van der Waals surface area contributed by atoms with Crippen molar-refractivity contribution in [2.24, 2.45) is 17.8 Å². The number of carbonyl (C=O) groups excluding carboxylic acids is 2. The second-order valence-electron chi connectivity index (χ2n) is 14.2. The molecular formula is C33H51F2N7O2. The molecule has 0 saturated carbocycles. The van der Waals surface area contributed by atoms with Crippen LogP contribution in [-0.2, 0) is 4.79 Å². The molecular weight excluding hydrogens is 564 g/mol. The molecule has 0 aromatic rings. The van der Waals surface area contributed by atoms with Gasteiger partial charge in [-0.3, -0.25) is 15.0 Å². The number of urea groups is 1. The number of nitrogens with one attached hydrogen (secondary N) is 4. The van der Waals surface area contributed by atoms with Gasteiger partial charge in [0, 0.05) is 61.4 Å². The van der Waals surface area contributed by atoms with Gasteiger partial charge in [0.2, 0.25) is 5.91 Å². The topological polar surface area (TPSA) is 92.0 Å². The van der Waals surface area contributed by atoms with Crippen LogP contribution in [0.2, 0.25) is 0 Å². The molecule has 3 amide bonds. The molecule has 44 heavy (non-hydrogen) atoms. The minimum Gasteiger partial charge on any atom is -0.385 e. The van der Waals surface area contributed by atoms with E-state index < -0.39 is 30.7 Å². The number of piperazine rings is 1. The summed E-state index contributed by atoms with van der Waals surface area (Å²) in [6.45, 7) is 14.7. The lowest BCUT2D eigenvalue weighted by Gasteiger charge is -2.60. The molecule has 9 unspecified atom stereocenters. The molecule has 11 atom stereocenters. The van der Waals surface area contributed by atoms with Crippen molar-refractivity contribution in [3.63, 3.8) is 0 Å². The van der Waals surface area contributed by atoms with Crippen molar-refractivity contribution >= 4 is 11.9 Å². The van der Waals surface area contributed by atoms with Crippen LogP contribution >= 0.6 is 0 Å². The summed E-state index contributed by atoms with van der Waals surface area (Å²) < 4.78 is 32.2. The molecule has 11 heteroatoms. The van der Waals surface area contributed by atoms with E-state index >= 15 is 8.78 Å². The Morgan fingerprint density at radius 2 is 1.91 bits per heavy atom. The highest BCUT2D eigenvalue weighted by Gasteiger charge is 2.56. The standard InChI is InChI=1S/C33H51F2N7O2/c1-6-26(43)40-16-20(5)41(17-19(40)4)31-22-15-24(35)29-27-23(34)10-7-11-25(27)36-13-8-9-21-12-14-37-28(18(2)3)30(21)42(32(22)38-29)33(44)39-31/h6-7,11,18-24,28-32,36-38H,1,8-10,12-17H2,2-5H3,(H,39,44)/t19-,20+,21?,22?,23?,24?,28?,29?,30?,31?,32?/m1/s1. The van der Waals surface area contributed by atoms with E-state index in [9.17, 15) is 9.59 Å². The third kappa shape index (κ3) is 5.57. The lowest BCUT2D eigenvalue weighted by Crippen LogP contribution is -2.79. The van der Waals surface area contributed by atoms with Gasteiger partial charge in [-0.1, -0.05) is 26.5 Å². The van der Waals surface area contributed by atoms with Crippen molar-refractivity contribution in [1.29, 1.82) is 0 Å². The average molecular weight is 616 g/mol. The summed E-state index contributed by atoms with van der Waals surface area (Å²) in [4.78, 5) is 33.1.